The number of hydrogen-bond donors (Lipinski definition) is 1. The molecule has 0 bridgehead atoms. The van der Waals surface area contributed by atoms with E-state index in [0.717, 1.165) is 31.2 Å². The van der Waals surface area contributed by atoms with E-state index in [0.29, 0.717) is 0 Å². The molecule has 1 fully saturated rings. The van der Waals surface area contributed by atoms with Crippen molar-refractivity contribution < 1.29 is 0 Å². The first-order valence-corrected chi connectivity index (χ1v) is 11.7. The maximum Gasteiger partial charge on any atom is 0.0544 e. The first kappa shape index (κ1) is 23.2. The number of hydrogen-bond acceptors (Lipinski definition) is 3. The van der Waals surface area contributed by atoms with Crippen LogP contribution in [0.4, 0.5) is 0 Å². The van der Waals surface area contributed by atoms with E-state index in [4.69, 9.17) is 0 Å². The van der Waals surface area contributed by atoms with Crippen LogP contribution in [0.5, 0.6) is 0 Å². The number of nitrogens with zero attached hydrogens (tertiary/aromatic N) is 2. The molecule has 1 aliphatic heterocycles. The summed E-state index contributed by atoms with van der Waals surface area (Å²) in [6.45, 7) is 7.64. The van der Waals surface area contributed by atoms with Gasteiger partial charge in [0.25, 0.3) is 0 Å². The van der Waals surface area contributed by atoms with E-state index in [1.807, 2.05) is 12.3 Å². The lowest BCUT2D eigenvalue weighted by atomic mass is 9.91. The molecule has 31 heavy (non-hydrogen) atoms. The highest BCUT2D eigenvalue weighted by Gasteiger charge is 2.12. The molecule has 0 saturated carbocycles. The van der Waals surface area contributed by atoms with Crippen LogP contribution in [0, 0.1) is 5.92 Å². The molecule has 3 heteroatoms. The van der Waals surface area contributed by atoms with Crippen LogP contribution in [0.15, 0.2) is 85.1 Å². The summed E-state index contributed by atoms with van der Waals surface area (Å²) in [5.74, 6) is 0.906. The van der Waals surface area contributed by atoms with Crippen LogP contribution in [-0.2, 0) is 19.5 Å². The van der Waals surface area contributed by atoms with Crippen LogP contribution in [0.2, 0.25) is 0 Å². The van der Waals surface area contributed by atoms with Gasteiger partial charge >= 0.3 is 0 Å². The minimum absolute atomic E-state index is 0.906. The largest absolute Gasteiger partial charge is 0.317 e. The van der Waals surface area contributed by atoms with Crippen molar-refractivity contribution in [3.63, 3.8) is 0 Å². The Balaban J connectivity index is 0.000000185. The fourth-order valence-corrected chi connectivity index (χ4v) is 4.13. The minimum Gasteiger partial charge on any atom is -0.317 e. The summed E-state index contributed by atoms with van der Waals surface area (Å²) in [5.41, 5.74) is 4.00. The molecular formula is C28H37N3. The third kappa shape index (κ3) is 9.04. The Hall–Kier alpha value is -2.49. The smallest absolute Gasteiger partial charge is 0.0544 e. The van der Waals surface area contributed by atoms with Gasteiger partial charge in [0.1, 0.15) is 0 Å². The fourth-order valence-electron chi connectivity index (χ4n) is 4.13. The van der Waals surface area contributed by atoms with Crippen molar-refractivity contribution in [3.05, 3.63) is 102 Å². The molecule has 0 amide bonds. The Bertz CT molecular complexity index is 773. The molecule has 0 aliphatic carbocycles. The average Bonchev–Trinajstić information content (AvgIpc) is 2.82. The van der Waals surface area contributed by atoms with Gasteiger partial charge in [-0.25, -0.2) is 0 Å². The van der Waals surface area contributed by atoms with Crippen molar-refractivity contribution in [2.45, 2.75) is 45.7 Å². The standard InChI is InChI=1S/C16H20N2.C12H17N/c1-2-12-18(13-15-8-4-3-5-9-15)14-16-10-6-7-11-17-16;1-2-4-11(5-3-1)10-12-6-8-13-9-7-12/h3-11H,2,12-14H2,1H3;1-5,12-13H,6-10H2. The van der Waals surface area contributed by atoms with Crippen molar-refractivity contribution in [2.75, 3.05) is 19.6 Å². The number of nitrogens with one attached hydrogen (secondary N) is 1. The summed E-state index contributed by atoms with van der Waals surface area (Å²) in [5, 5.41) is 3.40. The lowest BCUT2D eigenvalue weighted by Crippen LogP contribution is -2.28. The van der Waals surface area contributed by atoms with E-state index in [1.54, 1.807) is 0 Å². The van der Waals surface area contributed by atoms with E-state index in [2.05, 4.69) is 94.9 Å². The number of aromatic nitrogens is 1. The second-order valence-corrected chi connectivity index (χ2v) is 8.40. The molecular weight excluding hydrogens is 378 g/mol. The summed E-state index contributed by atoms with van der Waals surface area (Å²) in [7, 11) is 0. The molecule has 0 spiro atoms. The SMILES string of the molecule is CCCN(Cc1ccccc1)Cc1ccccn1.c1ccc(CC2CCNCC2)cc1. The summed E-state index contributed by atoms with van der Waals surface area (Å²) in [6, 6.07) is 27.6. The summed E-state index contributed by atoms with van der Waals surface area (Å²) in [6.07, 6.45) is 6.98. The van der Waals surface area contributed by atoms with E-state index in [-0.39, 0.29) is 0 Å². The Labute approximate surface area is 188 Å². The predicted octanol–water partition coefficient (Wildman–Crippen LogP) is 5.72. The monoisotopic (exact) mass is 415 g/mol. The zero-order chi connectivity index (χ0) is 21.6. The molecule has 1 aromatic heterocycles. The van der Waals surface area contributed by atoms with Crippen LogP contribution in [0.1, 0.15) is 43.0 Å². The van der Waals surface area contributed by atoms with Gasteiger partial charge in [-0.3, -0.25) is 9.88 Å². The number of rotatable bonds is 8. The molecule has 0 atom stereocenters. The van der Waals surface area contributed by atoms with Gasteiger partial charge in [-0.2, -0.15) is 0 Å². The van der Waals surface area contributed by atoms with E-state index < -0.39 is 0 Å². The van der Waals surface area contributed by atoms with Crippen LogP contribution in [-0.4, -0.2) is 29.5 Å². The molecule has 1 aliphatic rings. The molecule has 164 valence electrons. The summed E-state index contributed by atoms with van der Waals surface area (Å²) < 4.78 is 0. The molecule has 0 radical (unpaired) electrons. The number of benzene rings is 2. The first-order valence-electron chi connectivity index (χ1n) is 11.7. The third-order valence-electron chi connectivity index (χ3n) is 5.73. The topological polar surface area (TPSA) is 28.2 Å². The first-order chi connectivity index (χ1) is 15.3. The second-order valence-electron chi connectivity index (χ2n) is 8.40. The maximum atomic E-state index is 4.40. The van der Waals surface area contributed by atoms with Crippen molar-refractivity contribution in [1.29, 1.82) is 0 Å². The molecule has 1 N–H and O–H groups in total. The predicted molar refractivity (Wildman–Crippen MR) is 131 cm³/mol. The van der Waals surface area contributed by atoms with Crippen LogP contribution < -0.4 is 5.32 Å². The number of pyridine rings is 1. The lowest BCUT2D eigenvalue weighted by molar-refractivity contribution is 0.254. The maximum absolute atomic E-state index is 4.40. The molecule has 3 nitrogen and oxygen atoms in total. The molecule has 0 unspecified atom stereocenters. The normalized spacial score (nSPS) is 14.1. The zero-order valence-corrected chi connectivity index (χ0v) is 18.9. The van der Waals surface area contributed by atoms with Crippen LogP contribution >= 0.6 is 0 Å². The van der Waals surface area contributed by atoms with E-state index >= 15 is 0 Å². The van der Waals surface area contributed by atoms with Gasteiger partial charge < -0.3 is 5.32 Å². The van der Waals surface area contributed by atoms with Gasteiger partial charge in [0.15, 0.2) is 0 Å². The van der Waals surface area contributed by atoms with Crippen LogP contribution in [0.25, 0.3) is 0 Å². The molecule has 4 rings (SSSR count). The zero-order valence-electron chi connectivity index (χ0n) is 18.9. The lowest BCUT2D eigenvalue weighted by Gasteiger charge is -2.22. The van der Waals surface area contributed by atoms with Crippen LogP contribution in [0.3, 0.4) is 0 Å². The van der Waals surface area contributed by atoms with Crippen molar-refractivity contribution in [1.82, 2.24) is 15.2 Å². The van der Waals surface area contributed by atoms with Crippen molar-refractivity contribution in [3.8, 4) is 0 Å². The van der Waals surface area contributed by atoms with Gasteiger partial charge in [0, 0.05) is 19.3 Å². The Morgan fingerprint density at radius 1 is 0.806 bits per heavy atom. The van der Waals surface area contributed by atoms with Gasteiger partial charge in [-0.05, 0) is 74.5 Å². The highest BCUT2D eigenvalue weighted by Crippen LogP contribution is 2.17. The number of piperidine rings is 1. The van der Waals surface area contributed by atoms with Gasteiger partial charge in [0.2, 0.25) is 0 Å². The third-order valence-corrected chi connectivity index (χ3v) is 5.73. The quantitative estimate of drug-likeness (QED) is 0.510. The van der Waals surface area contributed by atoms with E-state index in [9.17, 15) is 0 Å². The molecule has 2 heterocycles. The van der Waals surface area contributed by atoms with E-state index in [1.165, 1.54) is 49.9 Å². The Kier molecular flexibility index (Phi) is 10.3. The molecule has 2 aromatic carbocycles. The van der Waals surface area contributed by atoms with Gasteiger partial charge in [-0.1, -0.05) is 73.7 Å². The van der Waals surface area contributed by atoms with Gasteiger partial charge in [0.05, 0.1) is 5.69 Å². The second kappa shape index (κ2) is 13.7. The van der Waals surface area contributed by atoms with Crippen molar-refractivity contribution in [2.24, 2.45) is 5.92 Å². The average molecular weight is 416 g/mol. The van der Waals surface area contributed by atoms with Gasteiger partial charge in [-0.15, -0.1) is 0 Å². The highest BCUT2D eigenvalue weighted by molar-refractivity contribution is 5.16. The van der Waals surface area contributed by atoms with Crippen molar-refractivity contribution >= 4 is 0 Å². The molecule has 3 aromatic rings. The highest BCUT2D eigenvalue weighted by atomic mass is 15.1. The molecule has 1 saturated heterocycles. The Morgan fingerprint density at radius 2 is 1.45 bits per heavy atom. The minimum atomic E-state index is 0.906. The Morgan fingerprint density at radius 3 is 2.06 bits per heavy atom. The summed E-state index contributed by atoms with van der Waals surface area (Å²) >= 11 is 0. The fraction of sp³-hybridized carbons (Fsp3) is 0.393. The summed E-state index contributed by atoms with van der Waals surface area (Å²) in [4.78, 5) is 6.84.